The average Bonchev–Trinajstić information content (AvgIpc) is 3.37. The number of oxime groups is 1. The summed E-state index contributed by atoms with van der Waals surface area (Å²) in [6, 6.07) is 13.7. The number of nitrogens with two attached hydrogens (primary N) is 1. The van der Waals surface area contributed by atoms with Gasteiger partial charge in [0, 0.05) is 34.9 Å². The quantitative estimate of drug-likeness (QED) is 0.259. The fraction of sp³-hybridized carbons (Fsp3) is 0.174. The highest BCUT2D eigenvalue weighted by Gasteiger charge is 2.20. The Balaban J connectivity index is 0.00000106. The van der Waals surface area contributed by atoms with Crippen molar-refractivity contribution in [2.24, 2.45) is 5.16 Å². The summed E-state index contributed by atoms with van der Waals surface area (Å²) in [7, 11) is 0. The van der Waals surface area contributed by atoms with Gasteiger partial charge in [0.2, 0.25) is 0 Å². The van der Waals surface area contributed by atoms with Crippen LogP contribution in [-0.2, 0) is 6.42 Å². The third-order valence-corrected chi connectivity index (χ3v) is 5.05. The molecular weight excluding hydrogens is 376 g/mol. The minimum atomic E-state index is 0.712. The van der Waals surface area contributed by atoms with Crippen LogP contribution in [0, 0.1) is 0 Å². The predicted octanol–water partition coefficient (Wildman–Crippen LogP) is 4.87. The largest absolute Gasteiger partial charge is 0.411 e. The van der Waals surface area contributed by atoms with E-state index in [1.165, 1.54) is 5.56 Å². The number of benzene rings is 2. The van der Waals surface area contributed by atoms with Gasteiger partial charge in [-0.2, -0.15) is 0 Å². The van der Waals surface area contributed by atoms with Gasteiger partial charge in [-0.05, 0) is 42.7 Å². The molecule has 0 saturated carbocycles. The highest BCUT2D eigenvalue weighted by atomic mass is 16.4. The number of nitrogens with zero attached hydrogens (tertiary/aromatic N) is 4. The van der Waals surface area contributed by atoms with Crippen LogP contribution in [-0.4, -0.2) is 25.3 Å². The molecule has 30 heavy (non-hydrogen) atoms. The molecule has 1 aliphatic carbocycles. The van der Waals surface area contributed by atoms with Gasteiger partial charge in [-0.3, -0.25) is 9.38 Å². The molecule has 0 radical (unpaired) electrons. The minimum absolute atomic E-state index is 0.712. The number of imidazole rings is 1. The van der Waals surface area contributed by atoms with Crippen molar-refractivity contribution in [3.05, 3.63) is 72.2 Å². The first-order chi connectivity index (χ1) is 14.7. The standard InChI is InChI=1S/C21H18N6O.C2H6/c22-15-4-1-13(2-5-15)20-21(27-10-9-23-12-19(27)25-20)24-16-6-7-17-14(11-16)3-8-18(17)26-28;1-2/h1-2,4-7,9-12,24,28H,3,8,22H2;1-2H3/b26-18+;. The molecule has 2 aromatic heterocycles. The molecule has 0 fully saturated rings. The Morgan fingerprint density at radius 2 is 1.90 bits per heavy atom. The van der Waals surface area contributed by atoms with E-state index in [0.29, 0.717) is 5.69 Å². The van der Waals surface area contributed by atoms with Crippen LogP contribution in [0.25, 0.3) is 16.9 Å². The van der Waals surface area contributed by atoms with Crippen LogP contribution in [0.4, 0.5) is 17.2 Å². The molecule has 0 aliphatic heterocycles. The number of anilines is 3. The predicted molar refractivity (Wildman–Crippen MR) is 121 cm³/mol. The fourth-order valence-corrected chi connectivity index (χ4v) is 3.66. The number of rotatable bonds is 3. The summed E-state index contributed by atoms with van der Waals surface area (Å²) in [5.41, 5.74) is 13.0. The Bertz CT molecular complexity index is 1210. The maximum atomic E-state index is 9.14. The summed E-state index contributed by atoms with van der Waals surface area (Å²) in [6.45, 7) is 4.00. The summed E-state index contributed by atoms with van der Waals surface area (Å²) in [6.07, 6.45) is 6.98. The summed E-state index contributed by atoms with van der Waals surface area (Å²) in [5.74, 6) is 0.858. The molecule has 0 atom stereocenters. The lowest BCUT2D eigenvalue weighted by Gasteiger charge is -2.10. The lowest BCUT2D eigenvalue weighted by molar-refractivity contribution is 0.318. The van der Waals surface area contributed by atoms with Gasteiger partial charge in [-0.15, -0.1) is 0 Å². The molecule has 1 aliphatic rings. The van der Waals surface area contributed by atoms with E-state index >= 15 is 0 Å². The van der Waals surface area contributed by atoms with Gasteiger partial charge in [0.05, 0.1) is 11.9 Å². The maximum Gasteiger partial charge on any atom is 0.157 e. The molecule has 152 valence electrons. The molecule has 0 amide bonds. The maximum absolute atomic E-state index is 9.14. The van der Waals surface area contributed by atoms with E-state index in [-0.39, 0.29) is 0 Å². The highest BCUT2D eigenvalue weighted by Crippen LogP contribution is 2.33. The first-order valence-corrected chi connectivity index (χ1v) is 10.0. The van der Waals surface area contributed by atoms with E-state index in [1.807, 2.05) is 60.8 Å². The van der Waals surface area contributed by atoms with Crippen LogP contribution in [0.3, 0.4) is 0 Å². The van der Waals surface area contributed by atoms with Crippen molar-refractivity contribution >= 4 is 28.6 Å². The molecule has 5 rings (SSSR count). The molecular formula is C23H24N6O. The monoisotopic (exact) mass is 400 g/mol. The Labute approximate surface area is 174 Å². The lowest BCUT2D eigenvalue weighted by Crippen LogP contribution is -1.99. The zero-order chi connectivity index (χ0) is 21.1. The zero-order valence-corrected chi connectivity index (χ0v) is 17.0. The van der Waals surface area contributed by atoms with Crippen LogP contribution in [0.5, 0.6) is 0 Å². The summed E-state index contributed by atoms with van der Waals surface area (Å²) in [5, 5.41) is 16.0. The van der Waals surface area contributed by atoms with E-state index in [0.717, 1.165) is 52.5 Å². The number of fused-ring (bicyclic) bond motifs is 2. The topological polar surface area (TPSA) is 101 Å². The fourth-order valence-electron chi connectivity index (χ4n) is 3.66. The molecule has 7 heteroatoms. The smallest absolute Gasteiger partial charge is 0.157 e. The van der Waals surface area contributed by atoms with Gasteiger partial charge >= 0.3 is 0 Å². The molecule has 0 spiro atoms. The number of hydrogen-bond donors (Lipinski definition) is 3. The molecule has 4 aromatic rings. The normalized spacial score (nSPS) is 13.7. The molecule has 0 saturated heterocycles. The third-order valence-electron chi connectivity index (χ3n) is 5.05. The molecule has 0 unspecified atom stereocenters. The van der Waals surface area contributed by atoms with Gasteiger partial charge in [0.25, 0.3) is 0 Å². The van der Waals surface area contributed by atoms with Gasteiger partial charge in [-0.25, -0.2) is 4.98 Å². The number of nitrogen functional groups attached to an aromatic ring is 1. The first-order valence-electron chi connectivity index (χ1n) is 10.0. The van der Waals surface area contributed by atoms with Gasteiger partial charge in [-0.1, -0.05) is 37.2 Å². The van der Waals surface area contributed by atoms with Crippen LogP contribution in [0.15, 0.2) is 66.2 Å². The number of aromatic nitrogens is 3. The lowest BCUT2D eigenvalue weighted by atomic mass is 10.1. The molecule has 0 bridgehead atoms. The van der Waals surface area contributed by atoms with Gasteiger partial charge in [0.15, 0.2) is 5.65 Å². The molecule has 2 aromatic carbocycles. The van der Waals surface area contributed by atoms with Crippen molar-refractivity contribution in [3.8, 4) is 11.3 Å². The average molecular weight is 400 g/mol. The van der Waals surface area contributed by atoms with Crippen molar-refractivity contribution in [2.45, 2.75) is 26.7 Å². The number of hydrogen-bond acceptors (Lipinski definition) is 6. The SMILES string of the molecule is CC.Nc1ccc(-c2nc3cnccn3c2Nc2ccc3c(c2)CC/C3=N\O)cc1. The van der Waals surface area contributed by atoms with Crippen molar-refractivity contribution < 1.29 is 5.21 Å². The first kappa shape index (κ1) is 19.4. The van der Waals surface area contributed by atoms with E-state index < -0.39 is 0 Å². The Hall–Kier alpha value is -3.87. The van der Waals surface area contributed by atoms with Gasteiger partial charge < -0.3 is 16.3 Å². The number of aryl methyl sites for hydroxylation is 1. The summed E-state index contributed by atoms with van der Waals surface area (Å²) < 4.78 is 1.98. The van der Waals surface area contributed by atoms with Crippen LogP contribution >= 0.6 is 0 Å². The minimum Gasteiger partial charge on any atom is -0.411 e. The highest BCUT2D eigenvalue weighted by molar-refractivity contribution is 6.04. The van der Waals surface area contributed by atoms with E-state index in [1.54, 1.807) is 12.4 Å². The second-order valence-corrected chi connectivity index (χ2v) is 6.78. The Kier molecular flexibility index (Phi) is 5.34. The number of nitrogens with one attached hydrogen (secondary N) is 1. The van der Waals surface area contributed by atoms with Crippen molar-refractivity contribution in [2.75, 3.05) is 11.1 Å². The third kappa shape index (κ3) is 3.45. The zero-order valence-electron chi connectivity index (χ0n) is 17.0. The second kappa shape index (κ2) is 8.24. The van der Waals surface area contributed by atoms with Crippen LogP contribution < -0.4 is 11.1 Å². The second-order valence-electron chi connectivity index (χ2n) is 6.78. The summed E-state index contributed by atoms with van der Waals surface area (Å²) in [4.78, 5) is 8.93. The van der Waals surface area contributed by atoms with Crippen molar-refractivity contribution in [1.82, 2.24) is 14.4 Å². The molecule has 7 nitrogen and oxygen atoms in total. The van der Waals surface area contributed by atoms with Crippen LogP contribution in [0.2, 0.25) is 0 Å². The Morgan fingerprint density at radius 1 is 1.10 bits per heavy atom. The van der Waals surface area contributed by atoms with Crippen molar-refractivity contribution in [3.63, 3.8) is 0 Å². The van der Waals surface area contributed by atoms with E-state index in [9.17, 15) is 0 Å². The van der Waals surface area contributed by atoms with Crippen LogP contribution in [0.1, 0.15) is 31.4 Å². The van der Waals surface area contributed by atoms with Gasteiger partial charge in [0.1, 0.15) is 11.5 Å². The van der Waals surface area contributed by atoms with E-state index in [4.69, 9.17) is 15.9 Å². The van der Waals surface area contributed by atoms with E-state index in [2.05, 4.69) is 21.5 Å². The molecule has 4 N–H and O–H groups in total. The van der Waals surface area contributed by atoms with Crippen molar-refractivity contribution in [1.29, 1.82) is 0 Å². The Morgan fingerprint density at radius 3 is 2.67 bits per heavy atom. The molecule has 2 heterocycles. The summed E-state index contributed by atoms with van der Waals surface area (Å²) >= 11 is 0.